The Bertz CT molecular complexity index is 1960. The van der Waals surface area contributed by atoms with Crippen molar-refractivity contribution in [3.05, 3.63) is 77.0 Å². The minimum atomic E-state index is -0.872. The van der Waals surface area contributed by atoms with E-state index in [0.717, 1.165) is 6.07 Å². The van der Waals surface area contributed by atoms with Gasteiger partial charge in [-0.05, 0) is 36.6 Å². The number of hydrogen-bond donors (Lipinski definition) is 1. The summed E-state index contributed by atoms with van der Waals surface area (Å²) in [4.78, 5) is 56.5. The molecule has 3 aromatic heterocycles. The monoisotopic (exact) mass is 599 g/mol. The number of pyridine rings is 2. The number of halogens is 2. The van der Waals surface area contributed by atoms with E-state index in [2.05, 4.69) is 26.8 Å². The van der Waals surface area contributed by atoms with Crippen molar-refractivity contribution in [2.24, 2.45) is 0 Å². The van der Waals surface area contributed by atoms with Crippen LogP contribution < -0.4 is 20.6 Å². The molecule has 2 fully saturated rings. The van der Waals surface area contributed by atoms with Crippen molar-refractivity contribution in [2.45, 2.75) is 38.3 Å². The number of rotatable bonds is 3. The van der Waals surface area contributed by atoms with Crippen molar-refractivity contribution in [2.75, 3.05) is 29.9 Å². The van der Waals surface area contributed by atoms with Gasteiger partial charge in [-0.3, -0.25) is 14.6 Å². The van der Waals surface area contributed by atoms with Crippen LogP contribution in [-0.2, 0) is 9.59 Å². The molecule has 1 saturated carbocycles. The van der Waals surface area contributed by atoms with Gasteiger partial charge in [-0.15, -0.1) is 0 Å². The fourth-order valence-corrected chi connectivity index (χ4v) is 6.15. The van der Waals surface area contributed by atoms with Crippen molar-refractivity contribution in [3.8, 4) is 22.7 Å². The number of aromatic nitrogens is 4. The summed E-state index contributed by atoms with van der Waals surface area (Å²) in [7, 11) is 0. The maximum Gasteiger partial charge on any atom is 0.356 e. The lowest BCUT2D eigenvalue weighted by Gasteiger charge is -2.35. The lowest BCUT2D eigenvalue weighted by molar-refractivity contribution is -0.127. The summed E-state index contributed by atoms with van der Waals surface area (Å²) >= 11 is 0. The van der Waals surface area contributed by atoms with Crippen LogP contribution in [0.25, 0.3) is 28.0 Å². The van der Waals surface area contributed by atoms with Crippen LogP contribution in [0.5, 0.6) is 5.75 Å². The molecule has 7 rings (SSSR count). The molecular weight excluding hydrogens is 572 g/mol. The number of carbonyl (C=O) groups excluding carboxylic acids is 2. The third-order valence-electron chi connectivity index (χ3n) is 8.21. The molecule has 11 nitrogen and oxygen atoms in total. The SMILES string of the molecule is C=CC(=O)N1CCN(c2nc(=O)n3c4nc(c(F)cc24)-c2c(F)cccc2NC(=O)COc2ccnc(C(C)C)c2-3)[C@@H]2C[C@@H]21. The van der Waals surface area contributed by atoms with E-state index in [0.29, 0.717) is 25.2 Å². The molecule has 1 aromatic carbocycles. The molecule has 0 unspecified atom stereocenters. The van der Waals surface area contributed by atoms with E-state index in [-0.39, 0.29) is 69.1 Å². The first-order chi connectivity index (χ1) is 21.2. The Morgan fingerprint density at radius 2 is 1.95 bits per heavy atom. The smallest absolute Gasteiger partial charge is 0.356 e. The number of piperazine rings is 1. The number of fused-ring (bicyclic) bond motifs is 6. The average Bonchev–Trinajstić information content (AvgIpc) is 3.80. The van der Waals surface area contributed by atoms with E-state index in [9.17, 15) is 14.4 Å². The minimum absolute atomic E-state index is 0.00486. The van der Waals surface area contributed by atoms with Crippen LogP contribution in [0, 0.1) is 11.6 Å². The molecule has 1 aliphatic carbocycles. The Balaban J connectivity index is 1.54. The van der Waals surface area contributed by atoms with Gasteiger partial charge < -0.3 is 19.9 Å². The maximum atomic E-state index is 16.1. The number of amides is 2. The van der Waals surface area contributed by atoms with Crippen molar-refractivity contribution in [3.63, 3.8) is 0 Å². The average molecular weight is 600 g/mol. The van der Waals surface area contributed by atoms with Gasteiger partial charge in [-0.2, -0.15) is 4.98 Å². The van der Waals surface area contributed by atoms with Gasteiger partial charge in [-0.1, -0.05) is 26.5 Å². The molecule has 2 aliphatic heterocycles. The number of anilines is 2. The van der Waals surface area contributed by atoms with E-state index < -0.39 is 29.8 Å². The lowest BCUT2D eigenvalue weighted by Crippen LogP contribution is -2.49. The highest BCUT2D eigenvalue weighted by atomic mass is 19.1. The Kier molecular flexibility index (Phi) is 6.41. The highest BCUT2D eigenvalue weighted by molar-refractivity contribution is 5.98. The van der Waals surface area contributed by atoms with Crippen LogP contribution in [-0.4, -0.2) is 68.0 Å². The number of nitrogens with one attached hydrogen (secondary N) is 1. The number of benzene rings is 1. The second kappa shape index (κ2) is 10.2. The van der Waals surface area contributed by atoms with E-state index in [1.165, 1.54) is 41.1 Å². The number of nitrogens with zero attached hydrogens (tertiary/aromatic N) is 6. The fourth-order valence-electron chi connectivity index (χ4n) is 6.15. The first kappa shape index (κ1) is 27.6. The van der Waals surface area contributed by atoms with Gasteiger partial charge >= 0.3 is 5.69 Å². The van der Waals surface area contributed by atoms with E-state index in [1.54, 1.807) is 4.90 Å². The standard InChI is InChI=1S/C31H27F2N7O4/c1-4-24(42)38-10-11-39(21-13-20(21)38)29-16-12-18(33)27-25-17(32)6-5-7-19(25)35-23(41)14-44-22-8-9-34-26(15(2)3)28(22)40(30(16)36-27)31(43)37-29/h4-9,12,15,20-21H,1,10-11,13-14H2,2-3H3,(H,35,41)/t20-,21+/m0/s1. The van der Waals surface area contributed by atoms with E-state index >= 15 is 8.78 Å². The molecule has 224 valence electrons. The van der Waals surface area contributed by atoms with Crippen LogP contribution >= 0.6 is 0 Å². The van der Waals surface area contributed by atoms with Crippen molar-refractivity contribution in [1.82, 2.24) is 24.4 Å². The third kappa shape index (κ3) is 4.29. The summed E-state index contributed by atoms with van der Waals surface area (Å²) in [6.45, 7) is 7.57. The Hall–Kier alpha value is -5.20. The van der Waals surface area contributed by atoms with Gasteiger partial charge in [0.05, 0.1) is 34.4 Å². The van der Waals surface area contributed by atoms with Crippen LogP contribution in [0.3, 0.4) is 0 Å². The zero-order chi connectivity index (χ0) is 30.9. The highest BCUT2D eigenvalue weighted by Crippen LogP contribution is 2.42. The maximum absolute atomic E-state index is 16.1. The highest BCUT2D eigenvalue weighted by Gasteiger charge is 2.51. The van der Waals surface area contributed by atoms with Crippen molar-refractivity contribution in [1.29, 1.82) is 0 Å². The largest absolute Gasteiger partial charge is 0.481 e. The summed E-state index contributed by atoms with van der Waals surface area (Å²) in [6.07, 6.45) is 3.43. The summed E-state index contributed by atoms with van der Waals surface area (Å²) in [5, 5.41) is 2.81. The minimum Gasteiger partial charge on any atom is -0.481 e. The zero-order valence-electron chi connectivity index (χ0n) is 23.9. The molecule has 1 saturated heterocycles. The van der Waals surface area contributed by atoms with Crippen molar-refractivity contribution < 1.29 is 23.1 Å². The second-order valence-corrected chi connectivity index (χ2v) is 11.2. The summed E-state index contributed by atoms with van der Waals surface area (Å²) in [6, 6.07) is 6.43. The normalized spacial score (nSPS) is 18.9. The molecule has 0 radical (unpaired) electrons. The molecule has 2 amide bonds. The Morgan fingerprint density at radius 1 is 1.14 bits per heavy atom. The van der Waals surface area contributed by atoms with Crippen molar-refractivity contribution >= 4 is 34.4 Å². The first-order valence-corrected chi connectivity index (χ1v) is 14.2. The van der Waals surface area contributed by atoms with Crippen LogP contribution in [0.2, 0.25) is 0 Å². The summed E-state index contributed by atoms with van der Waals surface area (Å²) in [5.74, 6) is -2.32. The molecule has 4 aromatic rings. The quantitative estimate of drug-likeness (QED) is 0.355. The molecule has 2 bridgehead atoms. The van der Waals surface area contributed by atoms with Gasteiger partial charge in [0.15, 0.2) is 18.1 Å². The van der Waals surface area contributed by atoms with Crippen LogP contribution in [0.4, 0.5) is 20.3 Å². The molecule has 0 spiro atoms. The van der Waals surface area contributed by atoms with E-state index in [4.69, 9.17) is 4.74 Å². The molecular formula is C31H27F2N7O4. The number of carbonyl (C=O) groups is 2. The molecule has 3 aliphatic rings. The Morgan fingerprint density at radius 3 is 2.73 bits per heavy atom. The predicted molar refractivity (Wildman–Crippen MR) is 158 cm³/mol. The van der Waals surface area contributed by atoms with Gasteiger partial charge in [0.2, 0.25) is 5.91 Å². The van der Waals surface area contributed by atoms with Crippen LogP contribution in [0.15, 0.2) is 54.0 Å². The van der Waals surface area contributed by atoms with E-state index in [1.807, 2.05) is 18.7 Å². The Labute approximate surface area is 249 Å². The summed E-state index contributed by atoms with van der Waals surface area (Å²) < 4.78 is 38.6. The molecule has 44 heavy (non-hydrogen) atoms. The van der Waals surface area contributed by atoms with Gasteiger partial charge in [0, 0.05) is 25.4 Å². The summed E-state index contributed by atoms with van der Waals surface area (Å²) in [5.41, 5.74) is -0.735. The van der Waals surface area contributed by atoms with Crippen LogP contribution in [0.1, 0.15) is 31.9 Å². The third-order valence-corrected chi connectivity index (χ3v) is 8.21. The molecule has 13 heteroatoms. The fraction of sp³-hybridized carbons (Fsp3) is 0.290. The molecule has 5 heterocycles. The molecule has 2 atom stereocenters. The number of hydrogen-bond acceptors (Lipinski definition) is 8. The van der Waals surface area contributed by atoms with Gasteiger partial charge in [0.1, 0.15) is 28.8 Å². The number of ether oxygens (including phenoxy) is 1. The molecule has 1 N–H and O–H groups in total. The topological polar surface area (TPSA) is 123 Å². The van der Waals surface area contributed by atoms with Gasteiger partial charge in [-0.25, -0.2) is 23.1 Å². The first-order valence-electron chi connectivity index (χ1n) is 14.2. The zero-order valence-corrected chi connectivity index (χ0v) is 23.9. The predicted octanol–water partition coefficient (Wildman–Crippen LogP) is 3.55. The lowest BCUT2D eigenvalue weighted by atomic mass is 10.1. The second-order valence-electron chi connectivity index (χ2n) is 11.2. The van der Waals surface area contributed by atoms with Gasteiger partial charge in [0.25, 0.3) is 5.91 Å².